The summed E-state index contributed by atoms with van der Waals surface area (Å²) in [5.74, 6) is 4.09. The lowest BCUT2D eigenvalue weighted by Crippen LogP contribution is -2.45. The molecule has 0 spiro atoms. The molecule has 4 nitrogen and oxygen atoms in total. The zero-order valence-corrected chi connectivity index (χ0v) is 15.6. The van der Waals surface area contributed by atoms with Crippen LogP contribution in [-0.2, 0) is 0 Å². The van der Waals surface area contributed by atoms with E-state index >= 15 is 0 Å². The van der Waals surface area contributed by atoms with Gasteiger partial charge in [-0.2, -0.15) is 0 Å². The third-order valence-electron chi connectivity index (χ3n) is 7.51. The van der Waals surface area contributed by atoms with Gasteiger partial charge < -0.3 is 15.1 Å². The normalized spacial score (nSPS) is 38.0. The molecule has 1 aromatic rings. The van der Waals surface area contributed by atoms with Crippen molar-refractivity contribution in [1.82, 2.24) is 9.88 Å². The zero-order valence-electron chi connectivity index (χ0n) is 15.6. The monoisotopic (exact) mass is 340 g/mol. The summed E-state index contributed by atoms with van der Waals surface area (Å²) in [7, 11) is 2.22. The van der Waals surface area contributed by atoms with Gasteiger partial charge in [0, 0.05) is 49.7 Å². The first kappa shape index (κ1) is 15.9. The van der Waals surface area contributed by atoms with Crippen LogP contribution in [0.2, 0.25) is 0 Å². The van der Waals surface area contributed by atoms with Gasteiger partial charge in [-0.05, 0) is 63.0 Å². The van der Waals surface area contributed by atoms with E-state index in [9.17, 15) is 0 Å². The summed E-state index contributed by atoms with van der Waals surface area (Å²) >= 11 is 0. The molecule has 3 bridgehead atoms. The summed E-state index contributed by atoms with van der Waals surface area (Å²) in [6.45, 7) is 4.55. The quantitative estimate of drug-likeness (QED) is 0.911. The summed E-state index contributed by atoms with van der Waals surface area (Å²) in [4.78, 5) is 9.63. The number of hydrogen-bond donors (Lipinski definition) is 1. The Morgan fingerprint density at radius 3 is 2.84 bits per heavy atom. The van der Waals surface area contributed by atoms with Gasteiger partial charge in [0.1, 0.15) is 5.82 Å². The Bertz CT molecular complexity index is 624. The van der Waals surface area contributed by atoms with E-state index in [4.69, 9.17) is 4.98 Å². The van der Waals surface area contributed by atoms with E-state index in [1.54, 1.807) is 0 Å². The largest absolute Gasteiger partial charge is 0.369 e. The molecule has 5 rings (SSSR count). The number of likely N-dealkylation sites (N-methyl/N-ethyl adjacent to an activating group) is 1. The minimum absolute atomic E-state index is 0.326. The van der Waals surface area contributed by atoms with Gasteiger partial charge in [-0.3, -0.25) is 0 Å². The van der Waals surface area contributed by atoms with Gasteiger partial charge in [0.25, 0.3) is 0 Å². The minimum atomic E-state index is 0.326. The molecular weight excluding hydrogens is 308 g/mol. The van der Waals surface area contributed by atoms with Crippen LogP contribution in [0, 0.1) is 17.8 Å². The summed E-state index contributed by atoms with van der Waals surface area (Å²) in [5, 5.41) is 3.96. The van der Waals surface area contributed by atoms with Crippen molar-refractivity contribution >= 4 is 11.5 Å². The molecule has 136 valence electrons. The van der Waals surface area contributed by atoms with Crippen molar-refractivity contribution in [2.75, 3.05) is 43.4 Å². The summed E-state index contributed by atoms with van der Waals surface area (Å²) in [6.07, 6.45) is 12.0. The molecular formula is C21H32N4. The first-order valence-electron chi connectivity index (χ1n) is 10.4. The number of rotatable bonds is 3. The number of fused-ring (bicyclic) bond motifs is 2. The van der Waals surface area contributed by atoms with Crippen LogP contribution in [0.1, 0.15) is 44.9 Å². The Morgan fingerprint density at radius 2 is 1.96 bits per heavy atom. The second-order valence-electron chi connectivity index (χ2n) is 9.25. The molecule has 1 aliphatic heterocycles. The topological polar surface area (TPSA) is 31.4 Å². The molecule has 3 aliphatic carbocycles. The molecule has 4 atom stereocenters. The number of piperazine rings is 1. The van der Waals surface area contributed by atoms with Crippen LogP contribution < -0.4 is 10.2 Å². The molecule has 4 aliphatic rings. The van der Waals surface area contributed by atoms with Crippen molar-refractivity contribution in [2.45, 2.75) is 50.5 Å². The van der Waals surface area contributed by atoms with Crippen LogP contribution in [0.25, 0.3) is 0 Å². The molecule has 4 heteroatoms. The Labute approximate surface area is 152 Å². The standard InChI is InChI=1S/C21H32N4/c1-24-7-9-25(10-8-24)19-4-6-22-20(13-19)23-21-5-2-3-17-11-16(14-21)12-18(17)15-21/h4,6,13,16-18H,2-3,5,7-12,14-15H2,1H3,(H,22,23)/t16-,17-,18?,21?/m0/s1. The fourth-order valence-electron chi connectivity index (χ4n) is 6.34. The predicted molar refractivity (Wildman–Crippen MR) is 103 cm³/mol. The number of anilines is 2. The highest BCUT2D eigenvalue weighted by atomic mass is 15.2. The molecule has 0 radical (unpaired) electrons. The number of aromatic nitrogens is 1. The average Bonchev–Trinajstić information content (AvgIpc) is 2.83. The van der Waals surface area contributed by atoms with Crippen LogP contribution in [0.3, 0.4) is 0 Å². The number of nitrogens with zero attached hydrogens (tertiary/aromatic N) is 3. The van der Waals surface area contributed by atoms with Gasteiger partial charge in [0.05, 0.1) is 0 Å². The van der Waals surface area contributed by atoms with Crippen molar-refractivity contribution in [3.05, 3.63) is 18.3 Å². The Balaban J connectivity index is 1.35. The van der Waals surface area contributed by atoms with E-state index < -0.39 is 0 Å². The van der Waals surface area contributed by atoms with Gasteiger partial charge in [-0.15, -0.1) is 0 Å². The van der Waals surface area contributed by atoms with Crippen LogP contribution in [0.4, 0.5) is 11.5 Å². The van der Waals surface area contributed by atoms with Crippen molar-refractivity contribution in [3.63, 3.8) is 0 Å². The fourth-order valence-corrected chi connectivity index (χ4v) is 6.34. The fraction of sp³-hybridized carbons (Fsp3) is 0.762. The van der Waals surface area contributed by atoms with Gasteiger partial charge in [0.2, 0.25) is 0 Å². The molecule has 0 aromatic carbocycles. The Morgan fingerprint density at radius 1 is 1.12 bits per heavy atom. The van der Waals surface area contributed by atoms with E-state index in [1.807, 2.05) is 6.20 Å². The molecule has 2 heterocycles. The van der Waals surface area contributed by atoms with E-state index in [2.05, 4.69) is 34.3 Å². The minimum Gasteiger partial charge on any atom is -0.369 e. The van der Waals surface area contributed by atoms with Gasteiger partial charge in [-0.25, -0.2) is 4.98 Å². The second kappa shape index (κ2) is 6.15. The maximum atomic E-state index is 4.71. The maximum absolute atomic E-state index is 4.71. The second-order valence-corrected chi connectivity index (χ2v) is 9.25. The van der Waals surface area contributed by atoms with Crippen molar-refractivity contribution in [1.29, 1.82) is 0 Å². The van der Waals surface area contributed by atoms with Crippen molar-refractivity contribution < 1.29 is 0 Å². The average molecular weight is 341 g/mol. The molecule has 25 heavy (non-hydrogen) atoms. The molecule has 2 unspecified atom stereocenters. The lowest BCUT2D eigenvalue weighted by Gasteiger charge is -2.41. The molecule has 1 aromatic heterocycles. The van der Waals surface area contributed by atoms with Crippen LogP contribution in [-0.4, -0.2) is 48.6 Å². The van der Waals surface area contributed by atoms with E-state index in [-0.39, 0.29) is 0 Å². The first-order chi connectivity index (χ1) is 12.2. The number of hydrogen-bond acceptors (Lipinski definition) is 4. The zero-order chi connectivity index (χ0) is 16.9. The van der Waals surface area contributed by atoms with Crippen LogP contribution >= 0.6 is 0 Å². The highest BCUT2D eigenvalue weighted by Crippen LogP contribution is 2.55. The van der Waals surface area contributed by atoms with E-state index in [0.29, 0.717) is 5.54 Å². The highest BCUT2D eigenvalue weighted by Gasteiger charge is 2.49. The SMILES string of the molecule is CN1CCN(c2ccnc(NC34CCC[C@H]5C[C@@H](CC5C3)C4)c2)CC1. The summed E-state index contributed by atoms with van der Waals surface area (Å²) in [6, 6.07) is 4.49. The third-order valence-corrected chi connectivity index (χ3v) is 7.51. The first-order valence-corrected chi connectivity index (χ1v) is 10.4. The van der Waals surface area contributed by atoms with Gasteiger partial charge >= 0.3 is 0 Å². The molecule has 1 N–H and O–H groups in total. The van der Waals surface area contributed by atoms with E-state index in [0.717, 1.165) is 49.8 Å². The molecule has 0 amide bonds. The van der Waals surface area contributed by atoms with E-state index in [1.165, 1.54) is 50.6 Å². The smallest absolute Gasteiger partial charge is 0.128 e. The Kier molecular flexibility index (Phi) is 3.92. The highest BCUT2D eigenvalue weighted by molar-refractivity contribution is 5.55. The molecule has 3 saturated carbocycles. The lowest BCUT2D eigenvalue weighted by molar-refractivity contribution is 0.230. The maximum Gasteiger partial charge on any atom is 0.128 e. The number of pyridine rings is 1. The molecule has 4 fully saturated rings. The summed E-state index contributed by atoms with van der Waals surface area (Å²) < 4.78 is 0. The molecule has 1 saturated heterocycles. The van der Waals surface area contributed by atoms with Gasteiger partial charge in [0.15, 0.2) is 0 Å². The summed E-state index contributed by atoms with van der Waals surface area (Å²) in [5.41, 5.74) is 1.67. The third kappa shape index (κ3) is 3.03. The lowest BCUT2D eigenvalue weighted by atomic mass is 9.73. The van der Waals surface area contributed by atoms with Crippen molar-refractivity contribution in [3.8, 4) is 0 Å². The van der Waals surface area contributed by atoms with Crippen molar-refractivity contribution in [2.24, 2.45) is 17.8 Å². The number of nitrogens with one attached hydrogen (secondary N) is 1. The van der Waals surface area contributed by atoms with Gasteiger partial charge in [-0.1, -0.05) is 12.8 Å². The van der Waals surface area contributed by atoms with Crippen LogP contribution in [0.15, 0.2) is 18.3 Å². The van der Waals surface area contributed by atoms with Crippen LogP contribution in [0.5, 0.6) is 0 Å². The Hall–Kier alpha value is -1.29. The predicted octanol–water partition coefficient (Wildman–Crippen LogP) is 3.60.